The maximum atomic E-state index is 11.5. The summed E-state index contributed by atoms with van der Waals surface area (Å²) in [6.07, 6.45) is 0.104. The van der Waals surface area contributed by atoms with Gasteiger partial charge in [0.15, 0.2) is 0 Å². The minimum absolute atomic E-state index is 0.104. The van der Waals surface area contributed by atoms with Crippen molar-refractivity contribution in [3.8, 4) is 5.75 Å². The summed E-state index contributed by atoms with van der Waals surface area (Å²) in [6.45, 7) is 7.51. The Morgan fingerprint density at radius 1 is 1.29 bits per heavy atom. The third-order valence-electron chi connectivity index (χ3n) is 2.05. The van der Waals surface area contributed by atoms with Crippen LogP contribution in [0.15, 0.2) is 18.2 Å². The zero-order chi connectivity index (χ0) is 13.0. The molecule has 17 heavy (non-hydrogen) atoms. The van der Waals surface area contributed by atoms with Gasteiger partial charge in [-0.2, -0.15) is 0 Å². The van der Waals surface area contributed by atoms with Crippen LogP contribution in [0, 0.1) is 6.92 Å². The molecule has 0 fully saturated rings. The van der Waals surface area contributed by atoms with Gasteiger partial charge >= 0.3 is 0 Å². The van der Waals surface area contributed by atoms with Crippen LogP contribution in [0.4, 0.5) is 5.69 Å². The van der Waals surface area contributed by atoms with Gasteiger partial charge in [-0.3, -0.25) is 4.79 Å². The maximum Gasteiger partial charge on any atom is 0.242 e. The Balaban J connectivity index is 2.85. The molecule has 4 heteroatoms. The molecule has 1 rings (SSSR count). The summed E-state index contributed by atoms with van der Waals surface area (Å²) in [4.78, 5) is 11.5. The van der Waals surface area contributed by atoms with E-state index in [4.69, 9.17) is 16.3 Å². The van der Waals surface area contributed by atoms with Crippen LogP contribution in [-0.2, 0) is 4.79 Å². The van der Waals surface area contributed by atoms with Gasteiger partial charge in [0.1, 0.15) is 11.1 Å². The van der Waals surface area contributed by atoms with E-state index >= 15 is 0 Å². The van der Waals surface area contributed by atoms with E-state index in [1.807, 2.05) is 32.9 Å². The van der Waals surface area contributed by atoms with Gasteiger partial charge < -0.3 is 10.1 Å². The number of nitrogens with one attached hydrogen (secondary N) is 1. The summed E-state index contributed by atoms with van der Waals surface area (Å²) in [5, 5.41) is 2.19. The fourth-order valence-electron chi connectivity index (χ4n) is 1.40. The number of anilines is 1. The Labute approximate surface area is 107 Å². The molecule has 0 saturated heterocycles. The maximum absolute atomic E-state index is 11.5. The van der Waals surface area contributed by atoms with E-state index in [0.29, 0.717) is 5.69 Å². The molecule has 1 atom stereocenters. The second-order valence-electron chi connectivity index (χ2n) is 4.31. The Bertz CT molecular complexity index is 402. The lowest BCUT2D eigenvalue weighted by atomic mass is 10.2. The number of amides is 1. The lowest BCUT2D eigenvalue weighted by Crippen LogP contribution is -2.20. The first-order valence-corrected chi connectivity index (χ1v) is 6.05. The average molecular weight is 256 g/mol. The largest absolute Gasteiger partial charge is 0.491 e. The molecule has 1 aromatic carbocycles. The van der Waals surface area contributed by atoms with E-state index < -0.39 is 5.38 Å². The van der Waals surface area contributed by atoms with Crippen molar-refractivity contribution in [2.24, 2.45) is 0 Å². The van der Waals surface area contributed by atoms with E-state index in [9.17, 15) is 4.79 Å². The number of benzene rings is 1. The third kappa shape index (κ3) is 4.65. The molecular weight excluding hydrogens is 238 g/mol. The van der Waals surface area contributed by atoms with E-state index in [1.54, 1.807) is 13.0 Å². The molecule has 0 bridgehead atoms. The summed E-state index contributed by atoms with van der Waals surface area (Å²) < 4.78 is 5.59. The summed E-state index contributed by atoms with van der Waals surface area (Å²) in [6, 6.07) is 5.61. The number of aryl methyl sites for hydroxylation is 1. The van der Waals surface area contributed by atoms with Crippen LogP contribution in [-0.4, -0.2) is 17.4 Å². The predicted octanol–water partition coefficient (Wildman–Crippen LogP) is 3.35. The number of halogens is 1. The van der Waals surface area contributed by atoms with Gasteiger partial charge in [-0.1, -0.05) is 0 Å². The van der Waals surface area contributed by atoms with Gasteiger partial charge in [0.2, 0.25) is 5.91 Å². The topological polar surface area (TPSA) is 38.3 Å². The fraction of sp³-hybridized carbons (Fsp3) is 0.462. The Morgan fingerprint density at radius 3 is 2.47 bits per heavy atom. The SMILES string of the molecule is Cc1cc(NC(=O)[C@H](C)Cl)cc(OC(C)C)c1. The third-order valence-corrected chi connectivity index (χ3v) is 2.25. The molecular formula is C13H18ClNO2. The molecule has 0 heterocycles. The molecule has 3 nitrogen and oxygen atoms in total. The minimum Gasteiger partial charge on any atom is -0.491 e. The lowest BCUT2D eigenvalue weighted by molar-refractivity contribution is -0.115. The van der Waals surface area contributed by atoms with Crippen LogP contribution in [0.25, 0.3) is 0 Å². The number of ether oxygens (including phenoxy) is 1. The van der Waals surface area contributed by atoms with Crippen LogP contribution < -0.4 is 10.1 Å². The zero-order valence-corrected chi connectivity index (χ0v) is 11.3. The molecule has 94 valence electrons. The van der Waals surface area contributed by atoms with Gasteiger partial charge in [-0.25, -0.2) is 0 Å². The van der Waals surface area contributed by atoms with Crippen molar-refractivity contribution >= 4 is 23.2 Å². The van der Waals surface area contributed by atoms with Gasteiger partial charge in [0, 0.05) is 11.8 Å². The number of hydrogen-bond donors (Lipinski definition) is 1. The quantitative estimate of drug-likeness (QED) is 0.838. The summed E-state index contributed by atoms with van der Waals surface area (Å²) in [5.41, 5.74) is 1.74. The number of rotatable bonds is 4. The minimum atomic E-state index is -0.551. The Morgan fingerprint density at radius 2 is 1.94 bits per heavy atom. The fourth-order valence-corrected chi connectivity index (χ4v) is 1.46. The molecule has 0 spiro atoms. The average Bonchev–Trinajstić information content (AvgIpc) is 2.14. The molecule has 0 saturated carbocycles. The number of carbonyl (C=O) groups excluding carboxylic acids is 1. The van der Waals surface area contributed by atoms with E-state index in [0.717, 1.165) is 11.3 Å². The van der Waals surface area contributed by atoms with Crippen molar-refractivity contribution in [1.29, 1.82) is 0 Å². The second-order valence-corrected chi connectivity index (χ2v) is 4.96. The van der Waals surface area contributed by atoms with E-state index in [-0.39, 0.29) is 12.0 Å². The molecule has 1 aromatic rings. The molecule has 0 radical (unpaired) electrons. The van der Waals surface area contributed by atoms with Crippen molar-refractivity contribution in [2.75, 3.05) is 5.32 Å². The van der Waals surface area contributed by atoms with Crippen molar-refractivity contribution in [2.45, 2.75) is 39.2 Å². The first-order chi connectivity index (χ1) is 7.88. The molecule has 0 aliphatic heterocycles. The normalized spacial score (nSPS) is 12.4. The van der Waals surface area contributed by atoms with E-state index in [1.165, 1.54) is 0 Å². The van der Waals surface area contributed by atoms with Crippen LogP contribution >= 0.6 is 11.6 Å². The highest BCUT2D eigenvalue weighted by atomic mass is 35.5. The van der Waals surface area contributed by atoms with Gasteiger partial charge in [0.05, 0.1) is 6.10 Å². The summed E-state index contributed by atoms with van der Waals surface area (Å²) in [7, 11) is 0. The molecule has 0 aliphatic rings. The van der Waals surface area contributed by atoms with Crippen LogP contribution in [0.3, 0.4) is 0 Å². The molecule has 0 aliphatic carbocycles. The van der Waals surface area contributed by atoms with Crippen LogP contribution in [0.5, 0.6) is 5.75 Å². The monoisotopic (exact) mass is 255 g/mol. The zero-order valence-electron chi connectivity index (χ0n) is 10.6. The van der Waals surface area contributed by atoms with Crippen molar-refractivity contribution < 1.29 is 9.53 Å². The van der Waals surface area contributed by atoms with Gasteiger partial charge in [-0.05, 0) is 45.4 Å². The number of hydrogen-bond acceptors (Lipinski definition) is 2. The molecule has 1 N–H and O–H groups in total. The summed E-state index contributed by atoms with van der Waals surface area (Å²) >= 11 is 5.70. The highest BCUT2D eigenvalue weighted by molar-refractivity contribution is 6.32. The highest BCUT2D eigenvalue weighted by Crippen LogP contribution is 2.22. The first-order valence-electron chi connectivity index (χ1n) is 5.61. The molecule has 1 amide bonds. The Hall–Kier alpha value is -1.22. The number of carbonyl (C=O) groups is 1. The van der Waals surface area contributed by atoms with E-state index in [2.05, 4.69) is 5.32 Å². The predicted molar refractivity (Wildman–Crippen MR) is 70.9 cm³/mol. The molecule has 0 unspecified atom stereocenters. The molecule has 0 aromatic heterocycles. The number of alkyl halides is 1. The second kappa shape index (κ2) is 5.92. The first kappa shape index (κ1) is 13.8. The summed E-state index contributed by atoms with van der Waals surface area (Å²) in [5.74, 6) is 0.533. The lowest BCUT2D eigenvalue weighted by Gasteiger charge is -2.13. The highest BCUT2D eigenvalue weighted by Gasteiger charge is 2.10. The van der Waals surface area contributed by atoms with Gasteiger partial charge in [-0.15, -0.1) is 11.6 Å². The standard InChI is InChI=1S/C13H18ClNO2/c1-8(2)17-12-6-9(3)5-11(7-12)15-13(16)10(4)14/h5-8,10H,1-4H3,(H,15,16)/t10-/m0/s1. The van der Waals surface area contributed by atoms with Gasteiger partial charge in [0.25, 0.3) is 0 Å². The Kier molecular flexibility index (Phi) is 4.82. The van der Waals surface area contributed by atoms with Crippen LogP contribution in [0.2, 0.25) is 0 Å². The van der Waals surface area contributed by atoms with Crippen molar-refractivity contribution in [1.82, 2.24) is 0 Å². The van der Waals surface area contributed by atoms with Crippen molar-refractivity contribution in [3.63, 3.8) is 0 Å². The van der Waals surface area contributed by atoms with Crippen molar-refractivity contribution in [3.05, 3.63) is 23.8 Å². The smallest absolute Gasteiger partial charge is 0.242 e. The van der Waals surface area contributed by atoms with Crippen LogP contribution in [0.1, 0.15) is 26.3 Å².